The third-order valence-corrected chi connectivity index (χ3v) is 12.8. The standard InChI is InChI=1S/C56H34N2/c1-29-17-37-19-31(3)23-49-51(37)47(21-29)53-41-15-13-40-39(45(41)25-43(55(49)53)35-9-5-33(27-57)6-10-35)14-16-42-46(40)26-44(36-11-7-34(28-58)8-12-36)56-50-24-32(4)20-38-18-30(2)22-48(52(38)50)54(42)56/h5-26H,1-4H3. The number of fused-ring (bicyclic) bond motifs is 13. The molecule has 0 aliphatic heterocycles. The van der Waals surface area contributed by atoms with Crippen LogP contribution in [0.4, 0.5) is 0 Å². The molecule has 2 aliphatic rings. The summed E-state index contributed by atoms with van der Waals surface area (Å²) >= 11 is 0. The maximum atomic E-state index is 9.71. The van der Waals surface area contributed by atoms with Crippen LogP contribution in [0.2, 0.25) is 0 Å². The zero-order chi connectivity index (χ0) is 39.1. The van der Waals surface area contributed by atoms with Gasteiger partial charge in [0.25, 0.3) is 0 Å². The van der Waals surface area contributed by atoms with Crippen molar-refractivity contribution >= 4 is 53.9 Å². The highest BCUT2D eigenvalue weighted by Crippen LogP contribution is 2.58. The van der Waals surface area contributed by atoms with E-state index < -0.39 is 0 Å². The van der Waals surface area contributed by atoms with Crippen LogP contribution in [-0.2, 0) is 0 Å². The average Bonchev–Trinajstić information content (AvgIpc) is 3.73. The number of benzene rings is 10. The van der Waals surface area contributed by atoms with E-state index in [1.54, 1.807) is 0 Å². The summed E-state index contributed by atoms with van der Waals surface area (Å²) in [6.07, 6.45) is 0. The van der Waals surface area contributed by atoms with E-state index in [4.69, 9.17) is 0 Å². The fraction of sp³-hybridized carbons (Fsp3) is 0.0714. The summed E-state index contributed by atoms with van der Waals surface area (Å²) in [6, 6.07) is 53.8. The maximum absolute atomic E-state index is 9.71. The van der Waals surface area contributed by atoms with E-state index >= 15 is 0 Å². The van der Waals surface area contributed by atoms with Gasteiger partial charge in [-0.1, -0.05) is 97.1 Å². The van der Waals surface area contributed by atoms with Crippen molar-refractivity contribution in [3.8, 4) is 78.9 Å². The normalized spacial score (nSPS) is 12.1. The van der Waals surface area contributed by atoms with Gasteiger partial charge in [0.1, 0.15) is 0 Å². The third-order valence-electron chi connectivity index (χ3n) is 12.8. The number of hydrogen-bond acceptors (Lipinski definition) is 2. The number of nitrogens with zero attached hydrogens (tertiary/aromatic N) is 2. The molecule has 0 N–H and O–H groups in total. The first kappa shape index (κ1) is 32.7. The largest absolute Gasteiger partial charge is 0.192 e. The van der Waals surface area contributed by atoms with Gasteiger partial charge in [0.05, 0.1) is 23.3 Å². The first-order valence-corrected chi connectivity index (χ1v) is 19.9. The minimum atomic E-state index is 0.656. The highest BCUT2D eigenvalue weighted by Gasteiger charge is 2.31. The first-order valence-electron chi connectivity index (χ1n) is 19.9. The Morgan fingerprint density at radius 1 is 0.310 bits per heavy atom. The predicted molar refractivity (Wildman–Crippen MR) is 242 cm³/mol. The van der Waals surface area contributed by atoms with Crippen LogP contribution in [0.25, 0.3) is 121 Å². The van der Waals surface area contributed by atoms with Gasteiger partial charge in [-0.2, -0.15) is 10.5 Å². The molecule has 0 fully saturated rings. The lowest BCUT2D eigenvalue weighted by atomic mass is 9.84. The highest BCUT2D eigenvalue weighted by atomic mass is 14.3. The second-order valence-corrected chi connectivity index (χ2v) is 16.6. The van der Waals surface area contributed by atoms with Gasteiger partial charge in [-0.25, -0.2) is 0 Å². The van der Waals surface area contributed by atoms with Crippen LogP contribution in [0.1, 0.15) is 33.4 Å². The molecule has 0 aromatic heterocycles. The first-order chi connectivity index (χ1) is 28.3. The SMILES string of the molecule is Cc1cc2c3c(cc(C)cc3c1)-c1c-2c(-c2ccc(C#N)cc2)cc2c1ccc1c3cc(-c4ccc(C#N)cc4)c4c(c3ccc21)-c1cc(C)cc2cc(C)cc-4c12. The molecule has 2 heteroatoms. The molecule has 2 nitrogen and oxygen atoms in total. The van der Waals surface area contributed by atoms with E-state index in [0.717, 1.165) is 11.1 Å². The average molecular weight is 735 g/mol. The third kappa shape index (κ3) is 4.35. The Balaban J connectivity index is 1.23. The van der Waals surface area contributed by atoms with Crippen molar-refractivity contribution in [3.05, 3.63) is 167 Å². The van der Waals surface area contributed by atoms with Gasteiger partial charge in [0.15, 0.2) is 0 Å². The van der Waals surface area contributed by atoms with Gasteiger partial charge in [0, 0.05) is 0 Å². The van der Waals surface area contributed by atoms with Crippen LogP contribution in [0, 0.1) is 50.4 Å². The molecule has 2 aliphatic carbocycles. The Bertz CT molecular complexity index is 3390. The molecule has 12 rings (SSSR count). The molecule has 0 radical (unpaired) electrons. The van der Waals surface area contributed by atoms with Crippen LogP contribution >= 0.6 is 0 Å². The topological polar surface area (TPSA) is 47.6 Å². The van der Waals surface area contributed by atoms with E-state index in [9.17, 15) is 10.5 Å². The van der Waals surface area contributed by atoms with E-state index in [1.807, 2.05) is 24.3 Å². The van der Waals surface area contributed by atoms with Gasteiger partial charge in [-0.15, -0.1) is 0 Å². The molecule has 0 saturated heterocycles. The van der Waals surface area contributed by atoms with E-state index in [-0.39, 0.29) is 0 Å². The molecule has 10 aromatic carbocycles. The van der Waals surface area contributed by atoms with Gasteiger partial charge >= 0.3 is 0 Å². The predicted octanol–water partition coefficient (Wildman–Crippen LogP) is 15.1. The number of hydrogen-bond donors (Lipinski definition) is 0. The Morgan fingerprint density at radius 3 is 0.983 bits per heavy atom. The van der Waals surface area contributed by atoms with Crippen molar-refractivity contribution in [3.63, 3.8) is 0 Å². The van der Waals surface area contributed by atoms with Gasteiger partial charge < -0.3 is 0 Å². The Kier molecular flexibility index (Phi) is 6.49. The molecular formula is C56H34N2. The van der Waals surface area contributed by atoms with Gasteiger partial charge in [-0.05, 0) is 207 Å². The monoisotopic (exact) mass is 734 g/mol. The summed E-state index contributed by atoms with van der Waals surface area (Å²) in [4.78, 5) is 0. The number of rotatable bonds is 2. The Labute approximate surface area is 336 Å². The van der Waals surface area contributed by atoms with Crippen molar-refractivity contribution in [2.45, 2.75) is 27.7 Å². The summed E-state index contributed by atoms with van der Waals surface area (Å²) in [5.41, 5.74) is 21.1. The zero-order valence-corrected chi connectivity index (χ0v) is 32.6. The lowest BCUT2D eigenvalue weighted by Gasteiger charge is -2.19. The fourth-order valence-electron chi connectivity index (χ4n) is 10.6. The maximum Gasteiger partial charge on any atom is 0.0991 e. The summed E-state index contributed by atoms with van der Waals surface area (Å²) in [7, 11) is 0. The lowest BCUT2D eigenvalue weighted by Crippen LogP contribution is -1.92. The Hall–Kier alpha value is -7.52. The molecule has 0 saturated carbocycles. The van der Waals surface area contributed by atoms with Crippen LogP contribution in [0.5, 0.6) is 0 Å². The van der Waals surface area contributed by atoms with E-state index in [1.165, 1.54) is 132 Å². The fourth-order valence-corrected chi connectivity index (χ4v) is 10.6. The molecular weight excluding hydrogens is 701 g/mol. The Morgan fingerprint density at radius 2 is 0.638 bits per heavy atom. The van der Waals surface area contributed by atoms with Crippen LogP contribution in [-0.4, -0.2) is 0 Å². The second kappa shape index (κ2) is 11.5. The van der Waals surface area contributed by atoms with Crippen molar-refractivity contribution < 1.29 is 0 Å². The smallest absolute Gasteiger partial charge is 0.0991 e. The van der Waals surface area contributed by atoms with Crippen LogP contribution in [0.3, 0.4) is 0 Å². The lowest BCUT2D eigenvalue weighted by molar-refractivity contribution is 1.48. The summed E-state index contributed by atoms with van der Waals surface area (Å²) in [5, 5.41) is 31.9. The van der Waals surface area contributed by atoms with Gasteiger partial charge in [0.2, 0.25) is 0 Å². The van der Waals surface area contributed by atoms with E-state index in [0.29, 0.717) is 11.1 Å². The molecule has 10 aromatic rings. The molecule has 268 valence electrons. The van der Waals surface area contributed by atoms with Crippen molar-refractivity contribution in [1.29, 1.82) is 10.5 Å². The second-order valence-electron chi connectivity index (χ2n) is 16.6. The minimum Gasteiger partial charge on any atom is -0.192 e. The van der Waals surface area contributed by atoms with Crippen molar-refractivity contribution in [1.82, 2.24) is 0 Å². The highest BCUT2D eigenvalue weighted by molar-refractivity contribution is 6.32. The van der Waals surface area contributed by atoms with Crippen LogP contribution in [0.15, 0.2) is 133 Å². The molecule has 58 heavy (non-hydrogen) atoms. The summed E-state index contributed by atoms with van der Waals surface area (Å²) in [5.74, 6) is 0. The molecule has 0 amide bonds. The van der Waals surface area contributed by atoms with Gasteiger partial charge in [-0.3, -0.25) is 0 Å². The molecule has 0 spiro atoms. The van der Waals surface area contributed by atoms with Crippen LogP contribution < -0.4 is 0 Å². The molecule has 0 bridgehead atoms. The molecule has 0 unspecified atom stereocenters. The number of nitriles is 2. The molecule has 0 heterocycles. The number of aryl methyl sites for hydroxylation is 4. The van der Waals surface area contributed by atoms with E-state index in [2.05, 4.69) is 149 Å². The minimum absolute atomic E-state index is 0.656. The quantitative estimate of drug-likeness (QED) is 0.166. The van der Waals surface area contributed by atoms with Crippen molar-refractivity contribution in [2.75, 3.05) is 0 Å². The molecule has 0 atom stereocenters. The summed E-state index contributed by atoms with van der Waals surface area (Å²) < 4.78 is 0. The van der Waals surface area contributed by atoms with Crippen molar-refractivity contribution in [2.24, 2.45) is 0 Å². The zero-order valence-electron chi connectivity index (χ0n) is 32.6. The summed E-state index contributed by atoms with van der Waals surface area (Å²) in [6.45, 7) is 8.80.